The highest BCUT2D eigenvalue weighted by molar-refractivity contribution is 5.71. The van der Waals surface area contributed by atoms with Gasteiger partial charge in [0, 0.05) is 19.3 Å². The largest absolute Gasteiger partial charge is 0.462 e. The number of unbranched alkanes of at least 4 members (excludes halogenated alkanes) is 46. The molecule has 0 aromatic rings. The summed E-state index contributed by atoms with van der Waals surface area (Å²) in [5.41, 5.74) is 0. The lowest BCUT2D eigenvalue weighted by molar-refractivity contribution is -0.167. The fraction of sp³-hybridized carbons (Fsp3) is 0.849. The van der Waals surface area contributed by atoms with E-state index in [1.165, 1.54) is 270 Å². The van der Waals surface area contributed by atoms with Gasteiger partial charge in [-0.1, -0.05) is 326 Å². The average Bonchev–Trinajstić information content (AvgIpc) is 3.45. The molecule has 0 bridgehead atoms. The van der Waals surface area contributed by atoms with E-state index in [-0.39, 0.29) is 31.1 Å². The van der Waals surface area contributed by atoms with Crippen LogP contribution < -0.4 is 0 Å². The number of rotatable bonds is 65. The van der Waals surface area contributed by atoms with E-state index in [2.05, 4.69) is 69.4 Å². The lowest BCUT2D eigenvalue weighted by Gasteiger charge is -2.18. The Hall–Kier alpha value is -2.63. The minimum absolute atomic E-state index is 0.0709. The lowest BCUT2D eigenvalue weighted by Crippen LogP contribution is -2.30. The molecule has 0 radical (unpaired) electrons. The molecule has 0 spiro atoms. The smallest absolute Gasteiger partial charge is 0.306 e. The van der Waals surface area contributed by atoms with Gasteiger partial charge in [0.1, 0.15) is 13.2 Å². The van der Waals surface area contributed by atoms with Gasteiger partial charge in [0.05, 0.1) is 0 Å². The number of carbonyl (C=O) groups is 3. The van der Waals surface area contributed by atoms with Crippen molar-refractivity contribution in [2.45, 2.75) is 386 Å². The molecule has 0 aliphatic carbocycles. The number of carbonyl (C=O) groups excluding carboxylic acids is 3. The van der Waals surface area contributed by atoms with E-state index in [4.69, 9.17) is 14.2 Å². The fourth-order valence-electron chi connectivity index (χ4n) is 10.5. The van der Waals surface area contributed by atoms with Crippen LogP contribution in [0.3, 0.4) is 0 Å². The third-order valence-corrected chi connectivity index (χ3v) is 15.8. The van der Waals surface area contributed by atoms with Crippen LogP contribution in [0.1, 0.15) is 380 Å². The first kappa shape index (κ1) is 76.4. The van der Waals surface area contributed by atoms with Crippen molar-refractivity contribution in [3.05, 3.63) is 48.6 Å². The van der Waals surface area contributed by atoms with Crippen molar-refractivity contribution in [3.8, 4) is 0 Å². The van der Waals surface area contributed by atoms with Crippen LogP contribution in [0.15, 0.2) is 48.6 Å². The molecule has 0 aromatic heterocycles. The maximum Gasteiger partial charge on any atom is 0.306 e. The van der Waals surface area contributed by atoms with Crippen LogP contribution >= 0.6 is 0 Å². The Bertz CT molecular complexity index is 1360. The monoisotopic (exact) mass is 1110 g/mol. The Balaban J connectivity index is 4.33. The van der Waals surface area contributed by atoms with Crippen molar-refractivity contribution in [1.29, 1.82) is 0 Å². The van der Waals surface area contributed by atoms with Crippen molar-refractivity contribution in [2.24, 2.45) is 0 Å². The van der Waals surface area contributed by atoms with Crippen LogP contribution in [0.5, 0.6) is 0 Å². The third-order valence-electron chi connectivity index (χ3n) is 15.8. The number of hydrogen-bond donors (Lipinski definition) is 0. The van der Waals surface area contributed by atoms with Gasteiger partial charge >= 0.3 is 17.9 Å². The molecule has 1 unspecified atom stereocenters. The molecule has 462 valence electrons. The predicted octanol–water partition coefficient (Wildman–Crippen LogP) is 24.1. The molecule has 0 rings (SSSR count). The molecule has 0 saturated heterocycles. The highest BCUT2D eigenvalue weighted by Crippen LogP contribution is 2.18. The second kappa shape index (κ2) is 67.9. The zero-order chi connectivity index (χ0) is 57.1. The topological polar surface area (TPSA) is 78.9 Å². The van der Waals surface area contributed by atoms with Crippen LogP contribution in [0.4, 0.5) is 0 Å². The second-order valence-electron chi connectivity index (χ2n) is 23.8. The molecule has 6 nitrogen and oxygen atoms in total. The summed E-state index contributed by atoms with van der Waals surface area (Å²) in [5, 5.41) is 0. The van der Waals surface area contributed by atoms with Gasteiger partial charge in [-0.05, 0) is 83.5 Å². The van der Waals surface area contributed by atoms with Crippen LogP contribution in [0.2, 0.25) is 0 Å². The SMILES string of the molecule is CCCCCCC/C=C\C/C=C\CCCCCCCCCCCCCC(=O)OCC(COC(=O)CCCCCCCCCCCCCCCCCCC)OC(=O)CCCCCCCCCCC/C=C\C/C=C\CCCCCCC. The van der Waals surface area contributed by atoms with E-state index in [1.54, 1.807) is 0 Å². The predicted molar refractivity (Wildman–Crippen MR) is 344 cm³/mol. The molecule has 0 aliphatic rings. The summed E-state index contributed by atoms with van der Waals surface area (Å²) in [6.45, 7) is 6.69. The molecule has 1 atom stereocenters. The standard InChI is InChI=1S/C73H134O6/c1-4-7-10-13-16-19-22-25-28-31-33-35-36-38-39-42-45-48-51-54-57-60-63-66-72(75)78-69-70(68-77-71(74)65-62-59-56-53-50-47-44-41-30-27-24-21-18-15-12-9-6-3)79-73(76)67-64-61-58-55-52-49-46-43-40-37-34-32-29-26-23-20-17-14-11-8-5-2/h22-23,25-26,31-34,70H,4-21,24,27-30,35-69H2,1-3H3/b25-22-,26-23-,33-31-,34-32-. The van der Waals surface area contributed by atoms with E-state index in [0.29, 0.717) is 19.3 Å². The Morgan fingerprint density at radius 1 is 0.253 bits per heavy atom. The molecule has 0 amide bonds. The van der Waals surface area contributed by atoms with E-state index < -0.39 is 6.10 Å². The number of ether oxygens (including phenoxy) is 3. The first-order valence-corrected chi connectivity index (χ1v) is 35.1. The lowest BCUT2D eigenvalue weighted by atomic mass is 10.0. The highest BCUT2D eigenvalue weighted by atomic mass is 16.6. The van der Waals surface area contributed by atoms with Crippen molar-refractivity contribution in [1.82, 2.24) is 0 Å². The van der Waals surface area contributed by atoms with Crippen LogP contribution in [-0.4, -0.2) is 37.2 Å². The van der Waals surface area contributed by atoms with Gasteiger partial charge < -0.3 is 14.2 Å². The molecule has 0 N–H and O–H groups in total. The normalized spacial score (nSPS) is 12.3. The van der Waals surface area contributed by atoms with Gasteiger partial charge in [0.2, 0.25) is 0 Å². The van der Waals surface area contributed by atoms with E-state index >= 15 is 0 Å². The number of esters is 3. The minimum atomic E-state index is -0.776. The quantitative estimate of drug-likeness (QED) is 0.0261. The Morgan fingerprint density at radius 2 is 0.456 bits per heavy atom. The van der Waals surface area contributed by atoms with Gasteiger partial charge in [-0.2, -0.15) is 0 Å². The molecule has 6 heteroatoms. The minimum Gasteiger partial charge on any atom is -0.462 e. The van der Waals surface area contributed by atoms with Crippen molar-refractivity contribution >= 4 is 17.9 Å². The van der Waals surface area contributed by atoms with Gasteiger partial charge in [-0.25, -0.2) is 0 Å². The number of allylic oxidation sites excluding steroid dienone is 8. The van der Waals surface area contributed by atoms with Gasteiger partial charge in [0.25, 0.3) is 0 Å². The van der Waals surface area contributed by atoms with Gasteiger partial charge in [-0.3, -0.25) is 14.4 Å². The Kier molecular flexibility index (Phi) is 65.6. The van der Waals surface area contributed by atoms with Gasteiger partial charge in [0.15, 0.2) is 6.10 Å². The molecule has 0 aromatic carbocycles. The second-order valence-corrected chi connectivity index (χ2v) is 23.8. The zero-order valence-corrected chi connectivity index (χ0v) is 53.2. The zero-order valence-electron chi connectivity index (χ0n) is 53.2. The first-order chi connectivity index (χ1) is 39.0. The molecule has 0 aliphatic heterocycles. The van der Waals surface area contributed by atoms with Crippen molar-refractivity contribution < 1.29 is 28.6 Å². The molecule has 0 saturated carbocycles. The summed E-state index contributed by atoms with van der Waals surface area (Å²) >= 11 is 0. The Morgan fingerprint density at radius 3 is 0.696 bits per heavy atom. The highest BCUT2D eigenvalue weighted by Gasteiger charge is 2.19. The summed E-state index contributed by atoms with van der Waals surface area (Å²) in [4.78, 5) is 38.5. The summed E-state index contributed by atoms with van der Waals surface area (Å²) in [7, 11) is 0. The molecule has 0 fully saturated rings. The van der Waals surface area contributed by atoms with E-state index in [9.17, 15) is 14.4 Å². The van der Waals surface area contributed by atoms with Crippen molar-refractivity contribution in [3.63, 3.8) is 0 Å². The fourth-order valence-corrected chi connectivity index (χ4v) is 10.5. The summed E-state index contributed by atoms with van der Waals surface area (Å²) in [5.74, 6) is -0.850. The van der Waals surface area contributed by atoms with Gasteiger partial charge in [-0.15, -0.1) is 0 Å². The molecular formula is C73H134O6. The molecular weight excluding hydrogens is 973 g/mol. The Labute approximate surface area is 492 Å². The maximum absolute atomic E-state index is 13.0. The van der Waals surface area contributed by atoms with Crippen LogP contribution in [0, 0.1) is 0 Å². The molecule has 0 heterocycles. The first-order valence-electron chi connectivity index (χ1n) is 35.1. The summed E-state index contributed by atoms with van der Waals surface area (Å²) in [6.07, 6.45) is 85.5. The average molecular weight is 1110 g/mol. The third kappa shape index (κ3) is 66.1. The van der Waals surface area contributed by atoms with E-state index in [0.717, 1.165) is 70.6 Å². The van der Waals surface area contributed by atoms with Crippen molar-refractivity contribution in [2.75, 3.05) is 13.2 Å². The summed E-state index contributed by atoms with van der Waals surface area (Å²) < 4.78 is 17.0. The van der Waals surface area contributed by atoms with E-state index in [1.807, 2.05) is 0 Å². The van der Waals surface area contributed by atoms with Crippen LogP contribution in [0.25, 0.3) is 0 Å². The van der Waals surface area contributed by atoms with Crippen LogP contribution in [-0.2, 0) is 28.6 Å². The number of hydrogen-bond acceptors (Lipinski definition) is 6. The molecule has 79 heavy (non-hydrogen) atoms. The maximum atomic E-state index is 13.0. The summed E-state index contributed by atoms with van der Waals surface area (Å²) in [6, 6.07) is 0.